The number of hydrogen-bond donors (Lipinski definition) is 1. The summed E-state index contributed by atoms with van der Waals surface area (Å²) in [4.78, 5) is 2.62. The molecule has 2 atom stereocenters. The molecule has 3 aromatic rings. The van der Waals surface area contributed by atoms with Gasteiger partial charge in [-0.2, -0.15) is 8.42 Å². The molecule has 0 bridgehead atoms. The monoisotopic (exact) mass is 509 g/mol. The maximum absolute atomic E-state index is 12.7. The molecular weight excluding hydrogens is 487 g/mol. The van der Waals surface area contributed by atoms with Gasteiger partial charge in [0.05, 0.1) is 12.6 Å². The van der Waals surface area contributed by atoms with Crippen molar-refractivity contribution in [1.82, 2.24) is 0 Å². The molecule has 0 amide bonds. The van der Waals surface area contributed by atoms with Crippen LogP contribution >= 0.6 is 34.8 Å². The van der Waals surface area contributed by atoms with Crippen LogP contribution in [0.15, 0.2) is 77.7 Å². The summed E-state index contributed by atoms with van der Waals surface area (Å²) < 4.78 is 26.9. The van der Waals surface area contributed by atoms with Gasteiger partial charge >= 0.3 is 10.0 Å². The summed E-state index contributed by atoms with van der Waals surface area (Å²) in [6, 6.07) is 21.9. The molecule has 1 fully saturated rings. The van der Waals surface area contributed by atoms with Gasteiger partial charge in [-0.25, -0.2) is 4.72 Å². The van der Waals surface area contributed by atoms with Gasteiger partial charge in [0.25, 0.3) is 0 Å². The summed E-state index contributed by atoms with van der Waals surface area (Å²) in [6.07, 6.45) is 1.75. The molecule has 4 rings (SSSR count). The van der Waals surface area contributed by atoms with Crippen molar-refractivity contribution in [3.63, 3.8) is 0 Å². The van der Waals surface area contributed by atoms with E-state index in [1.165, 1.54) is 4.72 Å². The van der Waals surface area contributed by atoms with Crippen molar-refractivity contribution in [2.45, 2.75) is 23.8 Å². The van der Waals surface area contributed by atoms with Gasteiger partial charge in [-0.05, 0) is 66.9 Å². The van der Waals surface area contributed by atoms with Gasteiger partial charge in [0.2, 0.25) is 0 Å². The Bertz CT molecular complexity index is 1170. The van der Waals surface area contributed by atoms with E-state index in [0.717, 1.165) is 24.1 Å². The molecule has 3 aromatic carbocycles. The van der Waals surface area contributed by atoms with E-state index in [2.05, 4.69) is 4.90 Å². The van der Waals surface area contributed by atoms with Crippen molar-refractivity contribution < 1.29 is 13.1 Å². The number of quaternary nitrogens is 1. The predicted molar refractivity (Wildman–Crippen MR) is 131 cm³/mol. The first kappa shape index (κ1) is 23.4. The number of nitrogens with two attached hydrogens (primary N) is 1. The third kappa shape index (κ3) is 5.41. The summed E-state index contributed by atoms with van der Waals surface area (Å²) in [6.45, 7) is 1.20. The van der Waals surface area contributed by atoms with Gasteiger partial charge in [-0.15, -0.1) is 0 Å². The zero-order valence-corrected chi connectivity index (χ0v) is 20.4. The van der Waals surface area contributed by atoms with Crippen LogP contribution in [0.25, 0.3) is 0 Å². The van der Waals surface area contributed by atoms with Gasteiger partial charge < -0.3 is 4.90 Å². The minimum atomic E-state index is -3.42. The van der Waals surface area contributed by atoms with E-state index < -0.39 is 10.0 Å². The molecule has 0 aromatic heterocycles. The van der Waals surface area contributed by atoms with Gasteiger partial charge in [0, 0.05) is 33.2 Å². The fourth-order valence-corrected chi connectivity index (χ4v) is 6.14. The Labute approximate surface area is 204 Å². The van der Waals surface area contributed by atoms with Crippen molar-refractivity contribution in [3.8, 4) is 0 Å². The molecule has 0 radical (unpaired) electrons. The Morgan fingerprint density at radius 1 is 0.875 bits per heavy atom. The van der Waals surface area contributed by atoms with E-state index in [0.29, 0.717) is 33.1 Å². The minimum absolute atomic E-state index is 0.0722. The van der Waals surface area contributed by atoms with E-state index >= 15 is 0 Å². The molecular formula is C24H24Cl3N2O2S+. The van der Waals surface area contributed by atoms with Crippen LogP contribution < -0.4 is 9.62 Å². The average molecular weight is 511 g/mol. The standard InChI is InChI=1S/C24H23Cl3N2O2S/c25-18-7-10-20(11-8-18)29-16-17(15-28-32(30,31)21-4-2-1-3-5-21)6-13-24(29)22-12-9-19(26)14-23(22)27/h1-5,7-12,14,17,24,28H,6,13,15-16H2/p+1. The second-order valence-corrected chi connectivity index (χ2v) is 11.2. The number of rotatable bonds is 6. The molecule has 1 aliphatic heterocycles. The number of nitrogens with zero attached hydrogens (tertiary/aromatic N) is 1. The average Bonchev–Trinajstić information content (AvgIpc) is 2.79. The Kier molecular flexibility index (Phi) is 7.33. The van der Waals surface area contributed by atoms with Crippen LogP contribution in [-0.4, -0.2) is 21.5 Å². The van der Waals surface area contributed by atoms with E-state index in [-0.39, 0.29) is 12.0 Å². The van der Waals surface area contributed by atoms with Crippen LogP contribution in [0.3, 0.4) is 0 Å². The first-order chi connectivity index (χ1) is 15.3. The second-order valence-electron chi connectivity index (χ2n) is 8.01. The minimum Gasteiger partial charge on any atom is -0.364 e. The highest BCUT2D eigenvalue weighted by atomic mass is 35.5. The lowest BCUT2D eigenvalue weighted by Gasteiger charge is -2.41. The maximum atomic E-state index is 12.7. The van der Waals surface area contributed by atoms with Crippen LogP contribution in [0.1, 0.15) is 24.4 Å². The summed E-state index contributed by atoms with van der Waals surface area (Å²) >= 11 is 18.8. The number of benzene rings is 3. The summed E-state index contributed by atoms with van der Waals surface area (Å²) in [5.41, 5.74) is 2.05. The lowest BCUT2D eigenvalue weighted by Crippen LogP contribution is -2.88. The first-order valence-electron chi connectivity index (χ1n) is 10.4. The molecule has 8 heteroatoms. The van der Waals surface area contributed by atoms with Crippen LogP contribution in [0, 0.1) is 5.92 Å². The molecule has 0 saturated carbocycles. The van der Waals surface area contributed by atoms with E-state index in [9.17, 15) is 8.42 Å². The Morgan fingerprint density at radius 3 is 2.25 bits per heavy atom. The molecule has 4 nitrogen and oxygen atoms in total. The quantitative estimate of drug-likeness (QED) is 0.472. The topological polar surface area (TPSA) is 54.0 Å². The molecule has 32 heavy (non-hydrogen) atoms. The van der Waals surface area contributed by atoms with E-state index in [4.69, 9.17) is 34.8 Å². The Balaban J connectivity index is 1.55. The Hall–Kier alpha value is -1.76. The lowest BCUT2D eigenvalue weighted by molar-refractivity contribution is -0.505. The van der Waals surface area contributed by atoms with Crippen molar-refractivity contribution in [1.29, 1.82) is 0 Å². The fraction of sp³-hybridized carbons (Fsp3) is 0.250. The number of sulfonamides is 1. The smallest absolute Gasteiger partial charge is 0.324 e. The number of hydrogen-bond acceptors (Lipinski definition) is 3. The Morgan fingerprint density at radius 2 is 1.56 bits per heavy atom. The van der Waals surface area contributed by atoms with Crippen LogP contribution in [-0.2, 0) is 10.0 Å². The molecule has 2 N–H and O–H groups in total. The van der Waals surface area contributed by atoms with Crippen molar-refractivity contribution in [3.05, 3.63) is 93.4 Å². The molecule has 2 unspecified atom stereocenters. The molecule has 1 aliphatic rings. The zero-order valence-electron chi connectivity index (χ0n) is 17.3. The molecule has 1 saturated heterocycles. The van der Waals surface area contributed by atoms with Crippen molar-refractivity contribution in [2.75, 3.05) is 18.0 Å². The third-order valence-electron chi connectivity index (χ3n) is 5.88. The fourth-order valence-electron chi connectivity index (χ4n) is 4.22. The molecule has 0 spiro atoms. The van der Waals surface area contributed by atoms with Crippen LogP contribution in [0.5, 0.6) is 0 Å². The van der Waals surface area contributed by atoms with Gasteiger partial charge in [-0.1, -0.05) is 59.1 Å². The molecule has 168 valence electrons. The van der Waals surface area contributed by atoms with Crippen LogP contribution in [0.4, 0.5) is 5.69 Å². The van der Waals surface area contributed by atoms with Crippen LogP contribution in [0.2, 0.25) is 15.1 Å². The van der Waals surface area contributed by atoms with Gasteiger partial charge in [0.15, 0.2) is 0 Å². The van der Waals surface area contributed by atoms with E-state index in [1.54, 1.807) is 30.3 Å². The zero-order chi connectivity index (χ0) is 22.7. The lowest BCUT2D eigenvalue weighted by atomic mass is 9.88. The van der Waals surface area contributed by atoms with Crippen molar-refractivity contribution >= 4 is 50.5 Å². The summed E-state index contributed by atoms with van der Waals surface area (Å²) in [5.74, 6) is 0.200. The number of piperidine rings is 1. The highest BCUT2D eigenvalue weighted by Crippen LogP contribution is 2.40. The number of halogens is 3. The van der Waals surface area contributed by atoms with E-state index in [1.807, 2.05) is 42.5 Å². The maximum Gasteiger partial charge on any atom is 0.324 e. The van der Waals surface area contributed by atoms with Gasteiger partial charge in [-0.3, -0.25) is 0 Å². The highest BCUT2D eigenvalue weighted by Gasteiger charge is 2.32. The molecule has 1 heterocycles. The SMILES string of the molecule is O=S(=O)([NH2+]CC1CCC(c2ccc(Cl)cc2Cl)N(c2ccc(Cl)cc2)C1)c1ccccc1. The normalized spacial score (nSPS) is 19.2. The third-order valence-corrected chi connectivity index (χ3v) is 8.25. The van der Waals surface area contributed by atoms with Gasteiger partial charge in [0.1, 0.15) is 4.90 Å². The highest BCUT2D eigenvalue weighted by molar-refractivity contribution is 7.84. The summed E-state index contributed by atoms with van der Waals surface area (Å²) in [7, 11) is -3.42. The molecule has 0 aliphatic carbocycles. The second kappa shape index (κ2) is 10.0. The summed E-state index contributed by atoms with van der Waals surface area (Å²) in [5, 5.41) is 1.91. The number of anilines is 1. The predicted octanol–water partition coefficient (Wildman–Crippen LogP) is 5.56. The van der Waals surface area contributed by atoms with Crippen molar-refractivity contribution in [2.24, 2.45) is 5.92 Å². The first-order valence-corrected chi connectivity index (χ1v) is 13.1. The number of primary sulfonamides is 1. The largest absolute Gasteiger partial charge is 0.364 e.